The monoisotopic (exact) mass is 242 g/mol. The van der Waals surface area contributed by atoms with Gasteiger partial charge in [0.1, 0.15) is 0 Å². The lowest BCUT2D eigenvalue weighted by Gasteiger charge is -2.07. The minimum Gasteiger partial charge on any atom is -0.381 e. The quantitative estimate of drug-likeness (QED) is 0.791. The zero-order valence-electron chi connectivity index (χ0n) is 8.81. The average molecular weight is 242 g/mol. The first kappa shape index (κ1) is 11.3. The van der Waals surface area contributed by atoms with Crippen molar-refractivity contribution in [3.8, 4) is 0 Å². The first-order chi connectivity index (χ1) is 7.75. The Morgan fingerprint density at radius 2 is 2.50 bits per heavy atom. The van der Waals surface area contributed by atoms with Crippen LogP contribution in [-0.4, -0.2) is 35.9 Å². The van der Waals surface area contributed by atoms with Gasteiger partial charge in [-0.3, -0.25) is 4.79 Å². The third-order valence-electron chi connectivity index (χ3n) is 2.50. The number of carbonyl (C=O) groups excluding carboxylic acids is 1. The van der Waals surface area contributed by atoms with E-state index in [2.05, 4.69) is 15.5 Å². The summed E-state index contributed by atoms with van der Waals surface area (Å²) in [6.45, 7) is 2.29. The summed E-state index contributed by atoms with van der Waals surface area (Å²) in [6.07, 6.45) is 2.03. The van der Waals surface area contributed by atoms with Gasteiger partial charge in [-0.1, -0.05) is 11.3 Å². The zero-order valence-corrected chi connectivity index (χ0v) is 9.63. The highest BCUT2D eigenvalue weighted by atomic mass is 32.1. The summed E-state index contributed by atoms with van der Waals surface area (Å²) in [5.41, 5.74) is 5.39. The van der Waals surface area contributed by atoms with Crippen molar-refractivity contribution in [2.45, 2.75) is 12.8 Å². The minimum atomic E-state index is -0.201. The van der Waals surface area contributed by atoms with Crippen molar-refractivity contribution < 1.29 is 9.53 Å². The van der Waals surface area contributed by atoms with Gasteiger partial charge in [0.2, 0.25) is 10.1 Å². The van der Waals surface area contributed by atoms with Crippen LogP contribution in [0.2, 0.25) is 0 Å². The molecule has 1 saturated heterocycles. The van der Waals surface area contributed by atoms with Crippen LogP contribution in [0.4, 0.5) is 5.13 Å². The molecular formula is C9H14N4O2S. The van der Waals surface area contributed by atoms with Crippen molar-refractivity contribution in [3.63, 3.8) is 0 Å². The Bertz CT molecular complexity index is 362. The molecule has 1 aromatic rings. The molecule has 0 saturated carbocycles. The maximum Gasteiger partial charge on any atom is 0.282 e. The third-order valence-corrected chi connectivity index (χ3v) is 3.25. The smallest absolute Gasteiger partial charge is 0.282 e. The van der Waals surface area contributed by atoms with Crippen LogP contribution in [0.15, 0.2) is 0 Å². The molecule has 1 amide bonds. The molecule has 1 atom stereocenters. The summed E-state index contributed by atoms with van der Waals surface area (Å²) in [4.78, 5) is 11.5. The fourth-order valence-electron chi connectivity index (χ4n) is 1.60. The maximum atomic E-state index is 11.5. The van der Waals surface area contributed by atoms with Gasteiger partial charge in [0.25, 0.3) is 5.91 Å². The van der Waals surface area contributed by atoms with E-state index in [4.69, 9.17) is 10.5 Å². The van der Waals surface area contributed by atoms with Gasteiger partial charge in [0.05, 0.1) is 0 Å². The van der Waals surface area contributed by atoms with Crippen molar-refractivity contribution >= 4 is 22.4 Å². The Labute approximate surface area is 97.2 Å². The van der Waals surface area contributed by atoms with E-state index >= 15 is 0 Å². The molecule has 7 heteroatoms. The SMILES string of the molecule is Nc1nnc(C(=O)NCCC2CCOC2)s1. The standard InChI is InChI=1S/C9H14N4O2S/c10-9-13-12-8(16-9)7(14)11-3-1-6-2-4-15-5-6/h6H,1-5H2,(H2,10,13)(H,11,14). The van der Waals surface area contributed by atoms with Gasteiger partial charge in [-0.25, -0.2) is 0 Å². The highest BCUT2D eigenvalue weighted by molar-refractivity contribution is 7.16. The minimum absolute atomic E-state index is 0.201. The van der Waals surface area contributed by atoms with Crippen molar-refractivity contribution in [1.29, 1.82) is 0 Å². The Hall–Kier alpha value is -1.21. The van der Waals surface area contributed by atoms with Gasteiger partial charge < -0.3 is 15.8 Å². The number of ether oxygens (including phenoxy) is 1. The number of nitrogens with one attached hydrogen (secondary N) is 1. The highest BCUT2D eigenvalue weighted by Gasteiger charge is 2.16. The van der Waals surface area contributed by atoms with E-state index in [1.165, 1.54) is 0 Å². The number of hydrogen-bond donors (Lipinski definition) is 2. The Kier molecular flexibility index (Phi) is 3.68. The Balaban J connectivity index is 1.71. The molecule has 0 spiro atoms. The number of nitrogen functional groups attached to an aromatic ring is 1. The van der Waals surface area contributed by atoms with Crippen molar-refractivity contribution in [3.05, 3.63) is 5.01 Å². The maximum absolute atomic E-state index is 11.5. The van der Waals surface area contributed by atoms with Crippen LogP contribution in [0, 0.1) is 5.92 Å². The lowest BCUT2D eigenvalue weighted by atomic mass is 10.1. The van der Waals surface area contributed by atoms with Gasteiger partial charge in [0, 0.05) is 19.8 Å². The zero-order chi connectivity index (χ0) is 11.4. The lowest BCUT2D eigenvalue weighted by molar-refractivity contribution is 0.0949. The largest absolute Gasteiger partial charge is 0.381 e. The molecule has 1 aliphatic heterocycles. The fraction of sp³-hybridized carbons (Fsp3) is 0.667. The number of nitrogens with zero attached hydrogens (tertiary/aromatic N) is 2. The average Bonchev–Trinajstić information content (AvgIpc) is 2.89. The van der Waals surface area contributed by atoms with Crippen LogP contribution in [0.25, 0.3) is 0 Å². The van der Waals surface area contributed by atoms with Gasteiger partial charge in [-0.05, 0) is 18.8 Å². The van der Waals surface area contributed by atoms with E-state index in [1.54, 1.807) is 0 Å². The van der Waals surface area contributed by atoms with Crippen LogP contribution in [0.3, 0.4) is 0 Å². The number of anilines is 1. The fourth-order valence-corrected chi connectivity index (χ4v) is 2.13. The molecule has 0 radical (unpaired) electrons. The Morgan fingerprint density at radius 1 is 1.62 bits per heavy atom. The second-order valence-corrected chi connectivity index (χ2v) is 4.73. The Morgan fingerprint density at radius 3 is 3.12 bits per heavy atom. The highest BCUT2D eigenvalue weighted by Crippen LogP contribution is 2.15. The molecule has 16 heavy (non-hydrogen) atoms. The third kappa shape index (κ3) is 2.89. The molecule has 2 heterocycles. The van der Waals surface area contributed by atoms with E-state index in [-0.39, 0.29) is 5.91 Å². The number of amides is 1. The predicted molar refractivity (Wildman–Crippen MR) is 60.2 cm³/mol. The molecule has 1 unspecified atom stereocenters. The van der Waals surface area contributed by atoms with Gasteiger partial charge >= 0.3 is 0 Å². The number of nitrogens with two attached hydrogens (primary N) is 1. The van der Waals surface area contributed by atoms with Gasteiger partial charge in [-0.15, -0.1) is 10.2 Å². The summed E-state index contributed by atoms with van der Waals surface area (Å²) >= 11 is 1.10. The molecule has 3 N–H and O–H groups in total. The van der Waals surface area contributed by atoms with Crippen molar-refractivity contribution in [2.75, 3.05) is 25.5 Å². The van der Waals surface area contributed by atoms with Crippen LogP contribution < -0.4 is 11.1 Å². The normalized spacial score (nSPS) is 19.9. The van der Waals surface area contributed by atoms with Crippen molar-refractivity contribution in [1.82, 2.24) is 15.5 Å². The van der Waals surface area contributed by atoms with E-state index in [1.807, 2.05) is 0 Å². The van der Waals surface area contributed by atoms with Gasteiger partial charge in [-0.2, -0.15) is 0 Å². The second kappa shape index (κ2) is 5.22. The summed E-state index contributed by atoms with van der Waals surface area (Å²) in [5, 5.41) is 10.7. The molecule has 0 aliphatic carbocycles. The van der Waals surface area contributed by atoms with Gasteiger partial charge in [0.15, 0.2) is 0 Å². The van der Waals surface area contributed by atoms with Crippen LogP contribution in [0.1, 0.15) is 22.6 Å². The predicted octanol–water partition coefficient (Wildman–Crippen LogP) is 0.277. The first-order valence-corrected chi connectivity index (χ1v) is 6.02. The summed E-state index contributed by atoms with van der Waals surface area (Å²) in [7, 11) is 0. The topological polar surface area (TPSA) is 90.1 Å². The lowest BCUT2D eigenvalue weighted by Crippen LogP contribution is -2.26. The molecule has 1 aromatic heterocycles. The second-order valence-electron chi connectivity index (χ2n) is 3.72. The summed E-state index contributed by atoms with van der Waals surface area (Å²) in [5.74, 6) is 0.368. The van der Waals surface area contributed by atoms with Crippen molar-refractivity contribution in [2.24, 2.45) is 5.92 Å². The van der Waals surface area contributed by atoms with Crippen LogP contribution in [-0.2, 0) is 4.74 Å². The van der Waals surface area contributed by atoms with Crippen LogP contribution in [0.5, 0.6) is 0 Å². The molecule has 0 bridgehead atoms. The molecule has 2 rings (SSSR count). The number of hydrogen-bond acceptors (Lipinski definition) is 6. The molecule has 88 valence electrons. The number of carbonyl (C=O) groups is 1. The molecule has 0 aromatic carbocycles. The number of aromatic nitrogens is 2. The number of rotatable bonds is 4. The van der Waals surface area contributed by atoms with E-state index in [9.17, 15) is 4.79 Å². The molecule has 1 aliphatic rings. The van der Waals surface area contributed by atoms with Crippen LogP contribution >= 0.6 is 11.3 Å². The van der Waals surface area contributed by atoms with E-state index in [0.29, 0.717) is 22.6 Å². The van der Waals surface area contributed by atoms with E-state index < -0.39 is 0 Å². The summed E-state index contributed by atoms with van der Waals surface area (Å²) < 4.78 is 5.25. The molecular weight excluding hydrogens is 228 g/mol. The molecule has 1 fully saturated rings. The molecule has 6 nitrogen and oxygen atoms in total. The van der Waals surface area contributed by atoms with E-state index in [0.717, 1.165) is 37.4 Å². The summed E-state index contributed by atoms with van der Waals surface area (Å²) in [6, 6.07) is 0. The first-order valence-electron chi connectivity index (χ1n) is 5.20.